The van der Waals surface area contributed by atoms with Crippen LogP contribution in [0.3, 0.4) is 0 Å². The third kappa shape index (κ3) is 3.64. The van der Waals surface area contributed by atoms with E-state index in [1.165, 1.54) is 5.69 Å². The number of carbonyl (C=O) groups is 1. The lowest BCUT2D eigenvalue weighted by atomic mass is 9.76. The van der Waals surface area contributed by atoms with Crippen LogP contribution in [0.1, 0.15) is 51.6 Å². The Balaban J connectivity index is 2.06. The monoisotopic (exact) mass is 293 g/mol. The van der Waals surface area contributed by atoms with E-state index < -0.39 is 11.4 Å². The van der Waals surface area contributed by atoms with Crippen LogP contribution < -0.4 is 0 Å². The minimum absolute atomic E-state index is 0.553. The first-order valence-electron chi connectivity index (χ1n) is 8.06. The molecule has 1 aromatic rings. The van der Waals surface area contributed by atoms with Crippen molar-refractivity contribution in [3.63, 3.8) is 0 Å². The van der Waals surface area contributed by atoms with E-state index in [1.54, 1.807) is 0 Å². The average molecular weight is 293 g/mol. The number of carboxylic acid groups (broad SMARTS) is 1. The maximum absolute atomic E-state index is 11.7. The molecule has 1 unspecified atom stereocenters. The summed E-state index contributed by atoms with van der Waals surface area (Å²) < 4.78 is 2.18. The lowest BCUT2D eigenvalue weighted by Crippen LogP contribution is -2.47. The Morgan fingerprint density at radius 3 is 2.90 bits per heavy atom. The lowest BCUT2D eigenvalue weighted by Gasteiger charge is -2.40. The van der Waals surface area contributed by atoms with Gasteiger partial charge in [-0.25, -0.2) is 4.98 Å². The molecular weight excluding hydrogens is 266 g/mol. The molecular formula is C16H27N3O2. The summed E-state index contributed by atoms with van der Waals surface area (Å²) in [4.78, 5) is 18.3. The van der Waals surface area contributed by atoms with E-state index in [1.807, 2.05) is 12.5 Å². The Kier molecular flexibility index (Phi) is 5.39. The highest BCUT2D eigenvalue weighted by molar-refractivity contribution is 5.75. The molecule has 0 spiro atoms. The number of aryl methyl sites for hydroxylation is 1. The highest BCUT2D eigenvalue weighted by Crippen LogP contribution is 2.35. The SMILES string of the molecule is CCCn1cncc1CN1CCCC(CCC)(C(=O)O)C1. The Morgan fingerprint density at radius 1 is 1.43 bits per heavy atom. The highest BCUT2D eigenvalue weighted by Gasteiger charge is 2.41. The average Bonchev–Trinajstić information content (AvgIpc) is 2.87. The molecule has 1 N–H and O–H groups in total. The largest absolute Gasteiger partial charge is 0.481 e. The molecule has 1 aliphatic heterocycles. The van der Waals surface area contributed by atoms with Crippen molar-refractivity contribution in [3.05, 3.63) is 18.2 Å². The van der Waals surface area contributed by atoms with Crippen LogP contribution in [0.5, 0.6) is 0 Å². The second-order valence-corrected chi connectivity index (χ2v) is 6.23. The number of nitrogens with zero attached hydrogens (tertiary/aromatic N) is 3. The summed E-state index contributed by atoms with van der Waals surface area (Å²) in [5, 5.41) is 9.66. The number of carboxylic acids is 1. The van der Waals surface area contributed by atoms with Gasteiger partial charge in [0.1, 0.15) is 0 Å². The van der Waals surface area contributed by atoms with Gasteiger partial charge < -0.3 is 9.67 Å². The molecule has 1 aliphatic rings. The molecule has 1 fully saturated rings. The third-order valence-corrected chi connectivity index (χ3v) is 4.49. The molecule has 0 saturated carbocycles. The zero-order valence-corrected chi connectivity index (χ0v) is 13.2. The molecule has 1 saturated heterocycles. The second kappa shape index (κ2) is 7.07. The van der Waals surface area contributed by atoms with E-state index in [4.69, 9.17) is 0 Å². The van der Waals surface area contributed by atoms with Gasteiger partial charge in [-0.2, -0.15) is 0 Å². The number of hydrogen-bond donors (Lipinski definition) is 1. The van der Waals surface area contributed by atoms with Crippen molar-refractivity contribution in [1.29, 1.82) is 0 Å². The molecule has 0 aliphatic carbocycles. The van der Waals surface area contributed by atoms with Gasteiger partial charge in [0.2, 0.25) is 0 Å². The summed E-state index contributed by atoms with van der Waals surface area (Å²) in [6.45, 7) is 7.64. The first kappa shape index (κ1) is 16.0. The summed E-state index contributed by atoms with van der Waals surface area (Å²) in [6.07, 6.45) is 8.33. The van der Waals surface area contributed by atoms with Crippen molar-refractivity contribution in [2.24, 2.45) is 5.41 Å². The van der Waals surface area contributed by atoms with Crippen LogP contribution in [0.25, 0.3) is 0 Å². The van der Waals surface area contributed by atoms with Gasteiger partial charge in [-0.05, 0) is 32.2 Å². The Morgan fingerprint density at radius 2 is 2.24 bits per heavy atom. The maximum Gasteiger partial charge on any atom is 0.310 e. The predicted molar refractivity (Wildman–Crippen MR) is 82.0 cm³/mol. The molecule has 1 atom stereocenters. The third-order valence-electron chi connectivity index (χ3n) is 4.49. The minimum atomic E-state index is -0.629. The van der Waals surface area contributed by atoms with Gasteiger partial charge in [0.05, 0.1) is 17.4 Å². The van der Waals surface area contributed by atoms with Gasteiger partial charge in [-0.3, -0.25) is 9.69 Å². The van der Waals surface area contributed by atoms with E-state index in [0.29, 0.717) is 6.54 Å². The quantitative estimate of drug-likeness (QED) is 0.840. The highest BCUT2D eigenvalue weighted by atomic mass is 16.4. The molecule has 5 heteroatoms. The number of likely N-dealkylation sites (tertiary alicyclic amines) is 1. The normalized spacial score (nSPS) is 23.3. The molecule has 2 heterocycles. The first-order valence-corrected chi connectivity index (χ1v) is 8.06. The molecule has 118 valence electrons. The molecule has 0 radical (unpaired) electrons. The smallest absolute Gasteiger partial charge is 0.310 e. The fraction of sp³-hybridized carbons (Fsp3) is 0.750. The number of rotatable bonds is 7. The van der Waals surface area contributed by atoms with Crippen molar-refractivity contribution in [2.45, 2.75) is 59.0 Å². The van der Waals surface area contributed by atoms with E-state index in [9.17, 15) is 9.90 Å². The zero-order chi connectivity index (χ0) is 15.3. The summed E-state index contributed by atoms with van der Waals surface area (Å²) in [5.41, 5.74) is 0.636. The Bertz CT molecular complexity index is 468. The van der Waals surface area contributed by atoms with E-state index in [0.717, 1.165) is 51.7 Å². The summed E-state index contributed by atoms with van der Waals surface area (Å²) >= 11 is 0. The van der Waals surface area contributed by atoms with Crippen molar-refractivity contribution < 1.29 is 9.90 Å². The zero-order valence-electron chi connectivity index (χ0n) is 13.2. The second-order valence-electron chi connectivity index (χ2n) is 6.23. The topological polar surface area (TPSA) is 58.4 Å². The number of aromatic nitrogens is 2. The van der Waals surface area contributed by atoms with E-state index >= 15 is 0 Å². The molecule has 0 bridgehead atoms. The van der Waals surface area contributed by atoms with Crippen LogP contribution in [0.4, 0.5) is 0 Å². The van der Waals surface area contributed by atoms with Gasteiger partial charge in [0, 0.05) is 25.8 Å². The molecule has 0 aromatic carbocycles. The van der Waals surface area contributed by atoms with Crippen LogP contribution >= 0.6 is 0 Å². The van der Waals surface area contributed by atoms with E-state index in [-0.39, 0.29) is 0 Å². The summed E-state index contributed by atoms with van der Waals surface area (Å²) in [5.74, 6) is -0.629. The van der Waals surface area contributed by atoms with Crippen molar-refractivity contribution >= 4 is 5.97 Å². The standard InChI is InChI=1S/C16H27N3O2/c1-3-6-16(15(20)21)7-5-9-18(12-16)11-14-10-17-13-19(14)8-4-2/h10,13H,3-9,11-12H2,1-2H3,(H,20,21). The predicted octanol–water partition coefficient (Wildman–Crippen LogP) is 2.76. The lowest BCUT2D eigenvalue weighted by molar-refractivity contribution is -0.153. The van der Waals surface area contributed by atoms with E-state index in [2.05, 4.69) is 28.3 Å². The van der Waals surface area contributed by atoms with Crippen LogP contribution in [0.2, 0.25) is 0 Å². The molecule has 2 rings (SSSR count). The maximum atomic E-state index is 11.7. The summed E-state index contributed by atoms with van der Waals surface area (Å²) in [7, 11) is 0. The van der Waals surface area contributed by atoms with Crippen LogP contribution in [-0.4, -0.2) is 38.6 Å². The van der Waals surface area contributed by atoms with Gasteiger partial charge in [0.15, 0.2) is 0 Å². The number of aliphatic carboxylic acids is 1. The van der Waals surface area contributed by atoms with Crippen molar-refractivity contribution in [3.8, 4) is 0 Å². The molecule has 5 nitrogen and oxygen atoms in total. The number of hydrogen-bond acceptors (Lipinski definition) is 3. The Hall–Kier alpha value is -1.36. The first-order chi connectivity index (χ1) is 10.1. The van der Waals surface area contributed by atoms with Crippen molar-refractivity contribution in [2.75, 3.05) is 13.1 Å². The number of piperidine rings is 1. The van der Waals surface area contributed by atoms with Crippen LogP contribution in [0.15, 0.2) is 12.5 Å². The van der Waals surface area contributed by atoms with Gasteiger partial charge >= 0.3 is 5.97 Å². The van der Waals surface area contributed by atoms with Gasteiger partial charge in [-0.15, -0.1) is 0 Å². The van der Waals surface area contributed by atoms with Crippen LogP contribution in [-0.2, 0) is 17.9 Å². The van der Waals surface area contributed by atoms with Gasteiger partial charge in [0.25, 0.3) is 0 Å². The molecule has 1 aromatic heterocycles. The number of imidazole rings is 1. The Labute approximate surface area is 127 Å². The van der Waals surface area contributed by atoms with Gasteiger partial charge in [-0.1, -0.05) is 20.3 Å². The van der Waals surface area contributed by atoms with Crippen LogP contribution in [0, 0.1) is 5.41 Å². The summed E-state index contributed by atoms with van der Waals surface area (Å²) in [6, 6.07) is 0. The van der Waals surface area contributed by atoms with Crippen molar-refractivity contribution in [1.82, 2.24) is 14.5 Å². The minimum Gasteiger partial charge on any atom is -0.481 e. The fourth-order valence-corrected chi connectivity index (χ4v) is 3.48. The fourth-order valence-electron chi connectivity index (χ4n) is 3.48. The molecule has 0 amide bonds. The molecule has 21 heavy (non-hydrogen) atoms.